The summed E-state index contributed by atoms with van der Waals surface area (Å²) >= 11 is 0. The molecule has 26 heavy (non-hydrogen) atoms. The van der Waals surface area contributed by atoms with Crippen molar-refractivity contribution in [2.24, 2.45) is 11.8 Å². The first-order chi connectivity index (χ1) is 12.8. The molecule has 0 radical (unpaired) electrons. The molecule has 6 nitrogen and oxygen atoms in total. The fourth-order valence-corrected chi connectivity index (χ4v) is 4.72. The maximum atomic E-state index is 12.8. The van der Waals surface area contributed by atoms with E-state index in [0.29, 0.717) is 25.0 Å². The van der Waals surface area contributed by atoms with E-state index in [0.717, 1.165) is 29.9 Å². The van der Waals surface area contributed by atoms with Gasteiger partial charge < -0.3 is 19.4 Å². The van der Waals surface area contributed by atoms with Gasteiger partial charge >= 0.3 is 0 Å². The number of carbonyl (C=O) groups excluding carboxylic acids is 1. The van der Waals surface area contributed by atoms with E-state index in [2.05, 4.69) is 16.0 Å². The molecule has 4 atom stereocenters. The minimum Gasteiger partial charge on any atom is -0.384 e. The summed E-state index contributed by atoms with van der Waals surface area (Å²) in [4.78, 5) is 17.6. The third kappa shape index (κ3) is 2.63. The Labute approximate surface area is 152 Å². The lowest BCUT2D eigenvalue weighted by atomic mass is 9.67. The number of nitrogens with one attached hydrogen (secondary N) is 1. The number of para-hydroxylation sites is 2. The lowest BCUT2D eigenvalue weighted by Crippen LogP contribution is -2.63. The molecular weight excluding hydrogens is 330 g/mol. The molecular formula is C20H25N3O3. The molecule has 1 saturated heterocycles. The van der Waals surface area contributed by atoms with Crippen molar-refractivity contribution >= 4 is 16.9 Å². The topological polar surface area (TPSA) is 65.4 Å². The molecule has 5 rings (SSSR count). The molecule has 138 valence electrons. The Morgan fingerprint density at radius 3 is 3.00 bits per heavy atom. The lowest BCUT2D eigenvalue weighted by molar-refractivity contribution is -0.130. The van der Waals surface area contributed by atoms with Crippen LogP contribution in [0.2, 0.25) is 0 Å². The number of amides is 1. The highest BCUT2D eigenvalue weighted by molar-refractivity contribution is 5.81. The van der Waals surface area contributed by atoms with Gasteiger partial charge in [-0.3, -0.25) is 4.79 Å². The maximum Gasteiger partial charge on any atom is 0.240 e. The van der Waals surface area contributed by atoms with Gasteiger partial charge in [0.2, 0.25) is 5.91 Å². The van der Waals surface area contributed by atoms with Crippen molar-refractivity contribution in [2.45, 2.75) is 43.9 Å². The summed E-state index contributed by atoms with van der Waals surface area (Å²) in [6.07, 6.45) is 3.61. The van der Waals surface area contributed by atoms with E-state index in [1.54, 1.807) is 7.11 Å². The van der Waals surface area contributed by atoms with Crippen LogP contribution in [0.3, 0.4) is 0 Å². The summed E-state index contributed by atoms with van der Waals surface area (Å²) in [5, 5.41) is 3.26. The van der Waals surface area contributed by atoms with E-state index in [9.17, 15) is 4.79 Å². The van der Waals surface area contributed by atoms with Crippen LogP contribution in [0.25, 0.3) is 11.0 Å². The van der Waals surface area contributed by atoms with Crippen molar-refractivity contribution in [3.63, 3.8) is 0 Å². The normalized spacial score (nSPS) is 30.2. The molecule has 1 aliphatic heterocycles. The molecule has 1 amide bonds. The number of carbonyl (C=O) groups is 1. The Kier molecular flexibility index (Phi) is 3.98. The number of aromatic nitrogens is 2. The molecule has 2 aromatic rings. The van der Waals surface area contributed by atoms with E-state index in [-0.39, 0.29) is 24.0 Å². The number of rotatable bonds is 6. The molecule has 3 aliphatic rings. The molecule has 1 aromatic heterocycles. The second-order valence-corrected chi connectivity index (χ2v) is 7.82. The minimum atomic E-state index is 0.0616. The van der Waals surface area contributed by atoms with Gasteiger partial charge in [-0.05, 0) is 31.4 Å². The quantitative estimate of drug-likeness (QED) is 0.862. The summed E-state index contributed by atoms with van der Waals surface area (Å²) in [6.45, 7) is 1.76. The van der Waals surface area contributed by atoms with Gasteiger partial charge in [0.25, 0.3) is 0 Å². The van der Waals surface area contributed by atoms with E-state index in [4.69, 9.17) is 14.5 Å². The van der Waals surface area contributed by atoms with Crippen LogP contribution in [0.15, 0.2) is 24.3 Å². The monoisotopic (exact) mass is 355 g/mol. The van der Waals surface area contributed by atoms with Crippen LogP contribution in [-0.2, 0) is 20.8 Å². The van der Waals surface area contributed by atoms with E-state index in [1.165, 1.54) is 12.8 Å². The Bertz CT molecular complexity index is 829. The molecule has 0 unspecified atom stereocenters. The molecule has 0 spiro atoms. The standard InChI is InChI=1S/C20H25N3O3/c1-25-11-14-18(13-8-9-26-19(13)14)22-17(24)10-23-16-5-3-2-4-15(16)21-20(23)12-6-7-12/h2-5,12-14,18-19H,6-11H2,1H3,(H,22,24)/t13-,14+,18+,19-/m1/s1. The highest BCUT2D eigenvalue weighted by Gasteiger charge is 2.54. The summed E-state index contributed by atoms with van der Waals surface area (Å²) in [5.74, 6) is 2.32. The highest BCUT2D eigenvalue weighted by atomic mass is 16.5. The fourth-order valence-electron chi connectivity index (χ4n) is 4.72. The van der Waals surface area contributed by atoms with Gasteiger partial charge in [-0.2, -0.15) is 0 Å². The van der Waals surface area contributed by atoms with Gasteiger partial charge in [-0.1, -0.05) is 12.1 Å². The van der Waals surface area contributed by atoms with Crippen LogP contribution in [0.1, 0.15) is 31.0 Å². The van der Waals surface area contributed by atoms with E-state index < -0.39 is 0 Å². The molecule has 2 saturated carbocycles. The number of benzene rings is 1. The first-order valence-electron chi connectivity index (χ1n) is 9.61. The van der Waals surface area contributed by atoms with Crippen molar-refractivity contribution in [3.8, 4) is 0 Å². The number of hydrogen-bond donors (Lipinski definition) is 1. The summed E-state index contributed by atoms with van der Waals surface area (Å²) in [7, 11) is 1.71. The lowest BCUT2D eigenvalue weighted by Gasteiger charge is -2.47. The molecule has 6 heteroatoms. The van der Waals surface area contributed by atoms with Crippen LogP contribution in [-0.4, -0.2) is 47.9 Å². The average molecular weight is 355 g/mol. The fraction of sp³-hybridized carbons (Fsp3) is 0.600. The third-order valence-corrected chi connectivity index (χ3v) is 6.14. The maximum absolute atomic E-state index is 12.8. The zero-order chi connectivity index (χ0) is 17.7. The predicted octanol–water partition coefficient (Wildman–Crippen LogP) is 2.08. The number of hydrogen-bond acceptors (Lipinski definition) is 4. The molecule has 1 aromatic carbocycles. The van der Waals surface area contributed by atoms with Gasteiger partial charge in [0.05, 0.1) is 23.7 Å². The van der Waals surface area contributed by atoms with Gasteiger partial charge in [-0.15, -0.1) is 0 Å². The van der Waals surface area contributed by atoms with Crippen LogP contribution in [0.4, 0.5) is 0 Å². The van der Waals surface area contributed by atoms with Gasteiger partial charge in [0.1, 0.15) is 12.4 Å². The molecule has 2 heterocycles. The Hall–Kier alpha value is -1.92. The molecule has 2 aliphatic carbocycles. The second kappa shape index (κ2) is 6.35. The molecule has 1 N–H and O–H groups in total. The minimum absolute atomic E-state index is 0.0616. The van der Waals surface area contributed by atoms with E-state index >= 15 is 0 Å². The van der Waals surface area contributed by atoms with E-state index in [1.807, 2.05) is 18.2 Å². The van der Waals surface area contributed by atoms with Crippen LogP contribution >= 0.6 is 0 Å². The SMILES string of the molecule is COC[C@H]1[C@@H](NC(=O)Cn2c(C3CC3)nc3ccccc32)[C@H]2CCO[C@H]21. The highest BCUT2D eigenvalue weighted by Crippen LogP contribution is 2.44. The number of nitrogens with zero attached hydrogens (tertiary/aromatic N) is 2. The average Bonchev–Trinajstić information content (AvgIpc) is 3.30. The smallest absolute Gasteiger partial charge is 0.240 e. The molecule has 3 fully saturated rings. The van der Waals surface area contributed by atoms with Crippen molar-refractivity contribution in [1.82, 2.24) is 14.9 Å². The molecule has 0 bridgehead atoms. The number of methoxy groups -OCH3 is 1. The summed E-state index contributed by atoms with van der Waals surface area (Å²) < 4.78 is 13.3. The largest absolute Gasteiger partial charge is 0.384 e. The van der Waals surface area contributed by atoms with Crippen molar-refractivity contribution in [2.75, 3.05) is 20.3 Å². The van der Waals surface area contributed by atoms with Gasteiger partial charge in [-0.25, -0.2) is 4.98 Å². The van der Waals surface area contributed by atoms with Crippen molar-refractivity contribution < 1.29 is 14.3 Å². The first-order valence-corrected chi connectivity index (χ1v) is 9.61. The van der Waals surface area contributed by atoms with Crippen molar-refractivity contribution in [1.29, 1.82) is 0 Å². The number of imidazole rings is 1. The zero-order valence-corrected chi connectivity index (χ0v) is 15.1. The third-order valence-electron chi connectivity index (χ3n) is 6.14. The predicted molar refractivity (Wildman–Crippen MR) is 96.9 cm³/mol. The zero-order valence-electron chi connectivity index (χ0n) is 15.1. The van der Waals surface area contributed by atoms with Crippen LogP contribution in [0, 0.1) is 11.8 Å². The van der Waals surface area contributed by atoms with Crippen LogP contribution < -0.4 is 5.32 Å². The van der Waals surface area contributed by atoms with Crippen molar-refractivity contribution in [3.05, 3.63) is 30.1 Å². The first kappa shape index (κ1) is 16.3. The number of ether oxygens (including phenoxy) is 2. The Morgan fingerprint density at radius 1 is 1.35 bits per heavy atom. The summed E-state index contributed by atoms with van der Waals surface area (Å²) in [6, 6.07) is 8.25. The summed E-state index contributed by atoms with van der Waals surface area (Å²) in [5.41, 5.74) is 2.03. The second-order valence-electron chi connectivity index (χ2n) is 7.82. The Balaban J connectivity index is 1.34. The van der Waals surface area contributed by atoms with Crippen LogP contribution in [0.5, 0.6) is 0 Å². The van der Waals surface area contributed by atoms with Gasteiger partial charge in [0, 0.05) is 37.5 Å². The van der Waals surface area contributed by atoms with Gasteiger partial charge in [0.15, 0.2) is 0 Å². The Morgan fingerprint density at radius 2 is 2.19 bits per heavy atom. The number of fused-ring (bicyclic) bond motifs is 2.